The predicted molar refractivity (Wildman–Crippen MR) is 68.2 cm³/mol. The van der Waals surface area contributed by atoms with Crippen LogP contribution in [0, 0.1) is 0 Å². The molecule has 3 N–H and O–H groups in total. The molecule has 0 radical (unpaired) electrons. The molecule has 0 aliphatic heterocycles. The maximum absolute atomic E-state index is 11.9. The molecule has 2 rings (SSSR count). The van der Waals surface area contributed by atoms with Crippen molar-refractivity contribution >= 4 is 0 Å². The number of hydrogen-bond donors (Lipinski definition) is 3. The molecular weight excluding hydrogens is 230 g/mol. The fraction of sp³-hybridized carbons (Fsp3) is 0.214. The van der Waals surface area contributed by atoms with Gasteiger partial charge in [0.15, 0.2) is 5.43 Å². The summed E-state index contributed by atoms with van der Waals surface area (Å²) in [6, 6.07) is 11.0. The van der Waals surface area contributed by atoms with Crippen LogP contribution in [0.15, 0.2) is 41.2 Å². The van der Waals surface area contributed by atoms with Crippen LogP contribution in [0.2, 0.25) is 0 Å². The summed E-state index contributed by atoms with van der Waals surface area (Å²) >= 11 is 0. The summed E-state index contributed by atoms with van der Waals surface area (Å²) in [6.45, 7) is -0.487. The zero-order valence-corrected chi connectivity index (χ0v) is 9.89. The monoisotopic (exact) mass is 245 g/mol. The predicted octanol–water partition coefficient (Wildman–Crippen LogP) is 0.950. The summed E-state index contributed by atoms with van der Waals surface area (Å²) in [6.07, 6.45) is 0.470. The summed E-state index contributed by atoms with van der Waals surface area (Å²) in [7, 11) is 0. The largest absolute Gasteiger partial charge is 0.390 e. The minimum Gasteiger partial charge on any atom is -0.390 e. The second-order valence-corrected chi connectivity index (χ2v) is 4.09. The number of H-pyrrole nitrogens is 1. The van der Waals surface area contributed by atoms with Gasteiger partial charge in [-0.3, -0.25) is 4.79 Å². The maximum Gasteiger partial charge on any atom is 0.185 e. The van der Waals surface area contributed by atoms with Crippen molar-refractivity contribution in [1.82, 2.24) is 4.98 Å². The average molecular weight is 245 g/mol. The lowest BCUT2D eigenvalue weighted by atomic mass is 10.0. The Balaban J connectivity index is 2.41. The second-order valence-electron chi connectivity index (χ2n) is 4.09. The Morgan fingerprint density at radius 1 is 1.06 bits per heavy atom. The summed E-state index contributed by atoms with van der Waals surface area (Å²) in [5, 5.41) is 18.3. The van der Waals surface area contributed by atoms with Crippen LogP contribution in [0.4, 0.5) is 0 Å². The molecule has 0 amide bonds. The Bertz CT molecular complexity index is 575. The van der Waals surface area contributed by atoms with E-state index in [1.807, 2.05) is 30.3 Å². The molecule has 1 aromatic heterocycles. The molecule has 1 heterocycles. The van der Waals surface area contributed by atoms with Crippen LogP contribution in [0.3, 0.4) is 0 Å². The molecule has 0 unspecified atom stereocenters. The van der Waals surface area contributed by atoms with E-state index in [-0.39, 0.29) is 18.6 Å². The highest BCUT2D eigenvalue weighted by atomic mass is 16.3. The first-order valence-electron chi connectivity index (χ1n) is 5.74. The van der Waals surface area contributed by atoms with Crippen LogP contribution in [0.5, 0.6) is 0 Å². The van der Waals surface area contributed by atoms with Crippen LogP contribution in [-0.2, 0) is 19.6 Å². The average Bonchev–Trinajstić information content (AvgIpc) is 2.42. The van der Waals surface area contributed by atoms with Crippen molar-refractivity contribution < 1.29 is 10.2 Å². The third-order valence-corrected chi connectivity index (χ3v) is 2.83. The number of aliphatic hydroxyl groups excluding tert-OH is 2. The highest BCUT2D eigenvalue weighted by Crippen LogP contribution is 2.10. The highest BCUT2D eigenvalue weighted by Gasteiger charge is 2.09. The van der Waals surface area contributed by atoms with Gasteiger partial charge in [-0.05, 0) is 5.56 Å². The third-order valence-electron chi connectivity index (χ3n) is 2.83. The van der Waals surface area contributed by atoms with Gasteiger partial charge in [0.2, 0.25) is 0 Å². The molecule has 0 aliphatic carbocycles. The van der Waals surface area contributed by atoms with Gasteiger partial charge in [0, 0.05) is 29.4 Å². The van der Waals surface area contributed by atoms with E-state index in [2.05, 4.69) is 4.98 Å². The first-order valence-corrected chi connectivity index (χ1v) is 5.74. The van der Waals surface area contributed by atoms with Gasteiger partial charge in [0.25, 0.3) is 0 Å². The topological polar surface area (TPSA) is 73.3 Å². The van der Waals surface area contributed by atoms with E-state index in [0.29, 0.717) is 23.4 Å². The Labute approximate surface area is 105 Å². The Hall–Kier alpha value is -1.91. The highest BCUT2D eigenvalue weighted by molar-refractivity contribution is 5.30. The molecule has 94 valence electrons. The van der Waals surface area contributed by atoms with E-state index in [1.165, 1.54) is 6.07 Å². The Morgan fingerprint density at radius 3 is 2.39 bits per heavy atom. The zero-order valence-electron chi connectivity index (χ0n) is 9.89. The number of aromatic nitrogens is 1. The van der Waals surface area contributed by atoms with E-state index < -0.39 is 0 Å². The van der Waals surface area contributed by atoms with Gasteiger partial charge in [0.05, 0.1) is 13.2 Å². The minimum absolute atomic E-state index is 0.161. The lowest BCUT2D eigenvalue weighted by molar-refractivity contribution is 0.264. The second kappa shape index (κ2) is 5.62. The minimum atomic E-state index is -0.245. The Morgan fingerprint density at radius 2 is 1.78 bits per heavy atom. The third kappa shape index (κ3) is 2.67. The first kappa shape index (κ1) is 12.5. The zero-order chi connectivity index (χ0) is 13.0. The lowest BCUT2D eigenvalue weighted by Crippen LogP contribution is -2.16. The molecule has 4 heteroatoms. The van der Waals surface area contributed by atoms with Crippen LogP contribution in [0.1, 0.15) is 22.5 Å². The number of nitrogens with one attached hydrogen (secondary N) is 1. The van der Waals surface area contributed by atoms with Crippen molar-refractivity contribution in [3.05, 3.63) is 69.1 Å². The van der Waals surface area contributed by atoms with Crippen LogP contribution in [0.25, 0.3) is 0 Å². The van der Waals surface area contributed by atoms with Gasteiger partial charge in [0.1, 0.15) is 0 Å². The van der Waals surface area contributed by atoms with Crippen molar-refractivity contribution in [3.8, 4) is 0 Å². The molecule has 0 fully saturated rings. The van der Waals surface area contributed by atoms with E-state index in [4.69, 9.17) is 5.11 Å². The van der Waals surface area contributed by atoms with E-state index in [9.17, 15) is 9.90 Å². The summed E-state index contributed by atoms with van der Waals surface area (Å²) in [5.74, 6) is 0. The van der Waals surface area contributed by atoms with Gasteiger partial charge in [-0.25, -0.2) is 0 Å². The fourth-order valence-electron chi connectivity index (χ4n) is 1.91. The molecule has 18 heavy (non-hydrogen) atoms. The van der Waals surface area contributed by atoms with Crippen molar-refractivity contribution in [2.24, 2.45) is 0 Å². The Kier molecular flexibility index (Phi) is 3.92. The van der Waals surface area contributed by atoms with E-state index in [1.54, 1.807) is 0 Å². The van der Waals surface area contributed by atoms with Crippen LogP contribution in [-0.4, -0.2) is 15.2 Å². The number of pyridine rings is 1. The van der Waals surface area contributed by atoms with Crippen molar-refractivity contribution in [2.75, 3.05) is 0 Å². The van der Waals surface area contributed by atoms with Crippen LogP contribution < -0.4 is 5.43 Å². The van der Waals surface area contributed by atoms with Crippen molar-refractivity contribution in [3.63, 3.8) is 0 Å². The van der Waals surface area contributed by atoms with Gasteiger partial charge >= 0.3 is 0 Å². The van der Waals surface area contributed by atoms with Gasteiger partial charge in [-0.2, -0.15) is 0 Å². The SMILES string of the molecule is O=c1cc(CO)[nH]c(CO)c1Cc1ccccc1. The number of aliphatic hydroxyl groups is 2. The molecule has 4 nitrogen and oxygen atoms in total. The molecule has 2 aromatic rings. The molecule has 1 aromatic carbocycles. The molecule has 0 atom stereocenters. The van der Waals surface area contributed by atoms with Crippen LogP contribution >= 0.6 is 0 Å². The number of hydrogen-bond acceptors (Lipinski definition) is 3. The molecule has 0 spiro atoms. The lowest BCUT2D eigenvalue weighted by Gasteiger charge is -2.09. The normalized spacial score (nSPS) is 10.6. The fourth-order valence-corrected chi connectivity index (χ4v) is 1.91. The van der Waals surface area contributed by atoms with Crippen molar-refractivity contribution in [1.29, 1.82) is 0 Å². The van der Waals surface area contributed by atoms with Gasteiger partial charge < -0.3 is 15.2 Å². The molecule has 0 bridgehead atoms. The number of rotatable bonds is 4. The smallest absolute Gasteiger partial charge is 0.185 e. The van der Waals surface area contributed by atoms with E-state index in [0.717, 1.165) is 5.56 Å². The molecule has 0 saturated heterocycles. The van der Waals surface area contributed by atoms with Gasteiger partial charge in [-0.1, -0.05) is 30.3 Å². The molecule has 0 aliphatic rings. The molecule has 0 saturated carbocycles. The number of aromatic amines is 1. The molecular formula is C14H15NO3. The summed E-state index contributed by atoms with van der Waals surface area (Å²) in [4.78, 5) is 14.8. The number of benzene rings is 1. The van der Waals surface area contributed by atoms with Crippen molar-refractivity contribution in [2.45, 2.75) is 19.6 Å². The van der Waals surface area contributed by atoms with Gasteiger partial charge in [-0.15, -0.1) is 0 Å². The summed E-state index contributed by atoms with van der Waals surface area (Å²) in [5.41, 5.74) is 2.28. The first-order chi connectivity index (χ1) is 8.74. The van der Waals surface area contributed by atoms with E-state index >= 15 is 0 Å². The quantitative estimate of drug-likeness (QED) is 0.751. The maximum atomic E-state index is 11.9. The standard InChI is InChI=1S/C14H15NO3/c16-8-11-7-14(18)12(13(9-17)15-11)6-10-4-2-1-3-5-10/h1-5,7,16-17H,6,8-9H2,(H,15,18). The summed E-state index contributed by atoms with van der Waals surface area (Å²) < 4.78 is 0.